The van der Waals surface area contributed by atoms with Crippen LogP contribution < -0.4 is 0 Å². The first kappa shape index (κ1) is 17.9. The van der Waals surface area contributed by atoms with Crippen LogP contribution in [0.1, 0.15) is 25.3 Å². The van der Waals surface area contributed by atoms with Crippen LogP contribution in [0.25, 0.3) is 0 Å². The van der Waals surface area contributed by atoms with Crippen LogP contribution in [-0.4, -0.2) is 18.8 Å². The first-order chi connectivity index (χ1) is 11.8. The quantitative estimate of drug-likeness (QED) is 0.719. The standard InChI is InChI=1S/C18H18F3NO2S/c1-12(14-7-8-14)22(11-13-5-3-2-4-6-13)25(23,24)16-10-9-15(19)17(20)18(16)21/h2-6,9-10,12,14H,7-8,11H2,1H3/t12-/m1/s1. The van der Waals surface area contributed by atoms with Gasteiger partial charge in [0.25, 0.3) is 0 Å². The van der Waals surface area contributed by atoms with E-state index < -0.39 is 32.4 Å². The molecule has 0 spiro atoms. The second-order valence-electron chi connectivity index (χ2n) is 6.29. The Morgan fingerprint density at radius 3 is 2.28 bits per heavy atom. The van der Waals surface area contributed by atoms with Gasteiger partial charge in [-0.2, -0.15) is 4.31 Å². The van der Waals surface area contributed by atoms with E-state index in [1.807, 2.05) is 6.07 Å². The van der Waals surface area contributed by atoms with Crippen LogP contribution in [0.4, 0.5) is 13.2 Å². The van der Waals surface area contributed by atoms with Gasteiger partial charge in [0.2, 0.25) is 10.0 Å². The topological polar surface area (TPSA) is 37.4 Å². The van der Waals surface area contributed by atoms with Gasteiger partial charge in [-0.1, -0.05) is 30.3 Å². The molecule has 1 saturated carbocycles. The summed E-state index contributed by atoms with van der Waals surface area (Å²) in [4.78, 5) is -0.838. The fraction of sp³-hybridized carbons (Fsp3) is 0.333. The number of benzene rings is 2. The fourth-order valence-electron chi connectivity index (χ4n) is 2.86. The number of rotatable bonds is 6. The van der Waals surface area contributed by atoms with E-state index in [2.05, 4.69) is 0 Å². The van der Waals surface area contributed by atoms with Crippen LogP contribution in [-0.2, 0) is 16.6 Å². The van der Waals surface area contributed by atoms with Crippen LogP contribution >= 0.6 is 0 Å². The molecule has 0 amide bonds. The molecule has 1 aliphatic carbocycles. The summed E-state index contributed by atoms with van der Waals surface area (Å²) >= 11 is 0. The maximum Gasteiger partial charge on any atom is 0.246 e. The van der Waals surface area contributed by atoms with Crippen molar-refractivity contribution in [1.82, 2.24) is 4.31 Å². The number of halogens is 3. The van der Waals surface area contributed by atoms with Crippen molar-refractivity contribution in [1.29, 1.82) is 0 Å². The maximum atomic E-state index is 14.1. The normalized spacial score (nSPS) is 16.2. The van der Waals surface area contributed by atoms with Gasteiger partial charge >= 0.3 is 0 Å². The summed E-state index contributed by atoms with van der Waals surface area (Å²) in [6.07, 6.45) is 1.78. The highest BCUT2D eigenvalue weighted by Crippen LogP contribution is 2.38. The number of hydrogen-bond donors (Lipinski definition) is 0. The van der Waals surface area contributed by atoms with E-state index >= 15 is 0 Å². The molecule has 2 aromatic carbocycles. The van der Waals surface area contributed by atoms with Crippen molar-refractivity contribution in [2.24, 2.45) is 5.92 Å². The average molecular weight is 369 g/mol. The Hall–Kier alpha value is -1.86. The molecule has 0 heterocycles. The van der Waals surface area contributed by atoms with Crippen molar-refractivity contribution >= 4 is 10.0 Å². The minimum atomic E-state index is -4.32. The third-order valence-corrected chi connectivity index (χ3v) is 6.48. The van der Waals surface area contributed by atoms with E-state index in [1.54, 1.807) is 31.2 Å². The van der Waals surface area contributed by atoms with E-state index in [0.29, 0.717) is 6.07 Å². The minimum Gasteiger partial charge on any atom is -0.207 e. The molecule has 1 aliphatic rings. The molecule has 1 fully saturated rings. The molecule has 0 N–H and O–H groups in total. The van der Waals surface area contributed by atoms with Crippen molar-refractivity contribution in [2.75, 3.05) is 0 Å². The highest BCUT2D eigenvalue weighted by atomic mass is 32.2. The maximum absolute atomic E-state index is 14.1. The summed E-state index contributed by atoms with van der Waals surface area (Å²) < 4.78 is 68.0. The number of hydrogen-bond acceptors (Lipinski definition) is 2. The highest BCUT2D eigenvalue weighted by molar-refractivity contribution is 7.89. The fourth-order valence-corrected chi connectivity index (χ4v) is 4.60. The van der Waals surface area contributed by atoms with Crippen molar-refractivity contribution in [3.63, 3.8) is 0 Å². The molecular formula is C18H18F3NO2S. The van der Waals surface area contributed by atoms with E-state index in [1.165, 1.54) is 4.31 Å². The third-order valence-electron chi connectivity index (χ3n) is 4.53. The summed E-state index contributed by atoms with van der Waals surface area (Å²) in [6.45, 7) is 1.80. The summed E-state index contributed by atoms with van der Waals surface area (Å²) in [5, 5.41) is 0. The molecule has 3 nitrogen and oxygen atoms in total. The van der Waals surface area contributed by atoms with Crippen LogP contribution in [0, 0.1) is 23.4 Å². The van der Waals surface area contributed by atoms with Gasteiger partial charge in [0, 0.05) is 12.6 Å². The van der Waals surface area contributed by atoms with Gasteiger partial charge in [0.15, 0.2) is 17.5 Å². The van der Waals surface area contributed by atoms with Crippen molar-refractivity contribution in [3.05, 3.63) is 65.5 Å². The lowest BCUT2D eigenvalue weighted by Gasteiger charge is -2.29. The van der Waals surface area contributed by atoms with Crippen molar-refractivity contribution in [2.45, 2.75) is 37.2 Å². The molecular weight excluding hydrogens is 351 g/mol. The molecule has 0 radical (unpaired) electrons. The van der Waals surface area contributed by atoms with E-state index in [9.17, 15) is 21.6 Å². The van der Waals surface area contributed by atoms with Gasteiger partial charge in [-0.05, 0) is 43.4 Å². The zero-order valence-corrected chi connectivity index (χ0v) is 14.4. The molecule has 2 aromatic rings. The van der Waals surface area contributed by atoms with Crippen LogP contribution in [0.3, 0.4) is 0 Å². The molecule has 3 rings (SSSR count). The zero-order valence-electron chi connectivity index (χ0n) is 13.6. The Morgan fingerprint density at radius 2 is 1.68 bits per heavy atom. The zero-order chi connectivity index (χ0) is 18.2. The monoisotopic (exact) mass is 369 g/mol. The molecule has 0 bridgehead atoms. The summed E-state index contributed by atoms with van der Waals surface area (Å²) in [7, 11) is -4.32. The van der Waals surface area contributed by atoms with E-state index in [-0.39, 0.29) is 18.5 Å². The van der Waals surface area contributed by atoms with Crippen LogP contribution in [0.5, 0.6) is 0 Å². The van der Waals surface area contributed by atoms with Gasteiger partial charge < -0.3 is 0 Å². The van der Waals surface area contributed by atoms with Crippen molar-refractivity contribution in [3.8, 4) is 0 Å². The first-order valence-corrected chi connectivity index (χ1v) is 9.45. The lowest BCUT2D eigenvalue weighted by atomic mass is 10.2. The Labute approximate surface area is 145 Å². The second-order valence-corrected chi connectivity index (χ2v) is 8.15. The Kier molecular flexibility index (Phi) is 4.88. The molecule has 0 saturated heterocycles. The second kappa shape index (κ2) is 6.80. The van der Waals surface area contributed by atoms with Gasteiger partial charge in [-0.15, -0.1) is 0 Å². The number of nitrogens with zero attached hydrogens (tertiary/aromatic N) is 1. The van der Waals surface area contributed by atoms with Gasteiger partial charge in [0.1, 0.15) is 4.90 Å². The van der Waals surface area contributed by atoms with Gasteiger partial charge in [-0.3, -0.25) is 0 Å². The largest absolute Gasteiger partial charge is 0.246 e. The molecule has 0 aromatic heterocycles. The third kappa shape index (κ3) is 3.57. The Morgan fingerprint density at radius 1 is 1.04 bits per heavy atom. The predicted octanol–water partition coefficient (Wildman–Crippen LogP) is 4.09. The predicted molar refractivity (Wildman–Crippen MR) is 87.7 cm³/mol. The van der Waals surface area contributed by atoms with Gasteiger partial charge in [-0.25, -0.2) is 21.6 Å². The van der Waals surface area contributed by atoms with Crippen molar-refractivity contribution < 1.29 is 21.6 Å². The molecule has 1 atom stereocenters. The van der Waals surface area contributed by atoms with Crippen LogP contribution in [0.15, 0.2) is 47.4 Å². The summed E-state index contributed by atoms with van der Waals surface area (Å²) in [5.74, 6) is -4.69. The van der Waals surface area contributed by atoms with Crippen LogP contribution in [0.2, 0.25) is 0 Å². The minimum absolute atomic E-state index is 0.0409. The molecule has 0 aliphatic heterocycles. The van der Waals surface area contributed by atoms with E-state index in [0.717, 1.165) is 24.5 Å². The average Bonchev–Trinajstić information content (AvgIpc) is 3.42. The summed E-state index contributed by atoms with van der Waals surface area (Å²) in [6, 6.07) is 9.95. The first-order valence-electron chi connectivity index (χ1n) is 8.01. The number of sulfonamides is 1. The molecule has 134 valence electrons. The smallest absolute Gasteiger partial charge is 0.207 e. The van der Waals surface area contributed by atoms with Gasteiger partial charge in [0.05, 0.1) is 0 Å². The summed E-state index contributed by atoms with van der Waals surface area (Å²) in [5.41, 5.74) is 0.738. The SMILES string of the molecule is C[C@H](C1CC1)N(Cc1ccccc1)S(=O)(=O)c1ccc(F)c(F)c1F. The lowest BCUT2D eigenvalue weighted by Crippen LogP contribution is -2.39. The Bertz CT molecular complexity index is 867. The lowest BCUT2D eigenvalue weighted by molar-refractivity contribution is 0.301. The molecule has 7 heteroatoms. The molecule has 25 heavy (non-hydrogen) atoms. The van der Waals surface area contributed by atoms with E-state index in [4.69, 9.17) is 0 Å². The molecule has 0 unspecified atom stereocenters. The highest BCUT2D eigenvalue weighted by Gasteiger charge is 2.39. The Balaban J connectivity index is 2.03.